The van der Waals surface area contributed by atoms with Crippen molar-refractivity contribution in [2.45, 2.75) is 45.6 Å². The van der Waals surface area contributed by atoms with Crippen molar-refractivity contribution in [3.8, 4) is 5.75 Å². The molecule has 4 heteroatoms. The first kappa shape index (κ1) is 15.0. The number of hydrogen-bond donors (Lipinski definition) is 2. The quantitative estimate of drug-likeness (QED) is 0.812. The van der Waals surface area contributed by atoms with Crippen LogP contribution in [0.1, 0.15) is 59.7 Å². The number of nitrogens with two attached hydrogens (primary N) is 1. The SMILES string of the molecule is CC(=O)c1cc2c(c(CN)c1O)CCCC2C.Cl. The smallest absolute Gasteiger partial charge is 0.163 e. The Bertz CT molecular complexity index is 471. The van der Waals surface area contributed by atoms with Gasteiger partial charge in [-0.2, -0.15) is 0 Å². The highest BCUT2D eigenvalue weighted by molar-refractivity contribution is 5.97. The van der Waals surface area contributed by atoms with Crippen molar-refractivity contribution in [3.63, 3.8) is 0 Å². The van der Waals surface area contributed by atoms with E-state index in [0.29, 0.717) is 18.0 Å². The summed E-state index contributed by atoms with van der Waals surface area (Å²) in [6.45, 7) is 3.94. The van der Waals surface area contributed by atoms with Gasteiger partial charge >= 0.3 is 0 Å². The minimum Gasteiger partial charge on any atom is -0.507 e. The van der Waals surface area contributed by atoms with Gasteiger partial charge < -0.3 is 10.8 Å². The zero-order valence-electron chi connectivity index (χ0n) is 10.8. The number of hydrogen-bond acceptors (Lipinski definition) is 3. The fraction of sp³-hybridized carbons (Fsp3) is 0.500. The van der Waals surface area contributed by atoms with Gasteiger partial charge in [-0.15, -0.1) is 12.4 Å². The second-order valence-corrected chi connectivity index (χ2v) is 4.87. The summed E-state index contributed by atoms with van der Waals surface area (Å²) in [5.74, 6) is 0.438. The number of rotatable bonds is 2. The molecular formula is C14H20ClNO2. The standard InChI is InChI=1S/C14H19NO2.ClH/c1-8-4-3-5-10-11(8)6-12(9(2)16)14(17)13(10)7-15;/h6,8,17H,3-5,7,15H2,1-2H3;1H. The van der Waals surface area contributed by atoms with Crippen LogP contribution < -0.4 is 5.73 Å². The van der Waals surface area contributed by atoms with Crippen LogP contribution in [-0.2, 0) is 13.0 Å². The van der Waals surface area contributed by atoms with E-state index in [1.165, 1.54) is 12.5 Å². The van der Waals surface area contributed by atoms with E-state index in [1.807, 2.05) is 6.07 Å². The molecule has 0 amide bonds. The van der Waals surface area contributed by atoms with Crippen molar-refractivity contribution in [2.24, 2.45) is 5.73 Å². The number of Topliss-reactive ketones (excluding diaryl/α,β-unsaturated/α-hetero) is 1. The molecule has 0 fully saturated rings. The third-order valence-corrected chi connectivity index (χ3v) is 3.73. The van der Waals surface area contributed by atoms with Gasteiger partial charge in [-0.1, -0.05) is 6.92 Å². The minimum absolute atomic E-state index is 0. The molecule has 18 heavy (non-hydrogen) atoms. The van der Waals surface area contributed by atoms with Crippen LogP contribution in [0.5, 0.6) is 5.75 Å². The number of phenolic OH excluding ortho intramolecular Hbond substituents is 1. The number of ketones is 1. The fourth-order valence-corrected chi connectivity index (χ4v) is 2.75. The molecule has 0 saturated carbocycles. The summed E-state index contributed by atoms with van der Waals surface area (Å²) >= 11 is 0. The first-order chi connectivity index (χ1) is 8.06. The number of halogens is 1. The Morgan fingerprint density at radius 3 is 2.78 bits per heavy atom. The second-order valence-electron chi connectivity index (χ2n) is 4.87. The van der Waals surface area contributed by atoms with Crippen LogP contribution in [-0.4, -0.2) is 10.9 Å². The van der Waals surface area contributed by atoms with Crippen molar-refractivity contribution >= 4 is 18.2 Å². The monoisotopic (exact) mass is 269 g/mol. The highest BCUT2D eigenvalue weighted by Gasteiger charge is 2.24. The number of aromatic hydroxyl groups is 1. The highest BCUT2D eigenvalue weighted by Crippen LogP contribution is 2.38. The lowest BCUT2D eigenvalue weighted by Crippen LogP contribution is -2.14. The molecule has 0 radical (unpaired) electrons. The van der Waals surface area contributed by atoms with Gasteiger partial charge in [0.2, 0.25) is 0 Å². The Hall–Kier alpha value is -1.06. The molecule has 1 aliphatic rings. The van der Waals surface area contributed by atoms with Gasteiger partial charge in [0.15, 0.2) is 5.78 Å². The molecule has 1 aliphatic carbocycles. The van der Waals surface area contributed by atoms with Gasteiger partial charge in [0.25, 0.3) is 0 Å². The van der Waals surface area contributed by atoms with Crippen molar-refractivity contribution in [1.82, 2.24) is 0 Å². The third kappa shape index (κ3) is 2.38. The zero-order valence-corrected chi connectivity index (χ0v) is 11.6. The van der Waals surface area contributed by atoms with Crippen LogP contribution >= 0.6 is 12.4 Å². The zero-order chi connectivity index (χ0) is 12.6. The van der Waals surface area contributed by atoms with Crippen LogP contribution in [0, 0.1) is 0 Å². The maximum absolute atomic E-state index is 11.5. The van der Waals surface area contributed by atoms with Crippen molar-refractivity contribution in [2.75, 3.05) is 0 Å². The number of carbonyl (C=O) groups excluding carboxylic acids is 1. The summed E-state index contributed by atoms with van der Waals surface area (Å²) in [6, 6.07) is 1.86. The molecule has 0 aliphatic heterocycles. The lowest BCUT2D eigenvalue weighted by atomic mass is 9.80. The average Bonchev–Trinajstić information content (AvgIpc) is 2.28. The first-order valence-corrected chi connectivity index (χ1v) is 6.14. The Morgan fingerprint density at radius 1 is 1.56 bits per heavy atom. The Morgan fingerprint density at radius 2 is 2.22 bits per heavy atom. The molecule has 0 saturated heterocycles. The first-order valence-electron chi connectivity index (χ1n) is 6.14. The van der Waals surface area contributed by atoms with Gasteiger partial charge in [0.05, 0.1) is 5.56 Å². The predicted octanol–water partition coefficient (Wildman–Crippen LogP) is 2.92. The summed E-state index contributed by atoms with van der Waals surface area (Å²) in [6.07, 6.45) is 3.22. The maximum atomic E-state index is 11.5. The van der Waals surface area contributed by atoms with E-state index in [4.69, 9.17) is 5.73 Å². The lowest BCUT2D eigenvalue weighted by molar-refractivity contribution is 0.101. The minimum atomic E-state index is -0.0993. The van der Waals surface area contributed by atoms with E-state index in [-0.39, 0.29) is 23.9 Å². The number of fused-ring (bicyclic) bond motifs is 1. The molecule has 1 aromatic rings. The number of carbonyl (C=O) groups is 1. The molecule has 3 N–H and O–H groups in total. The summed E-state index contributed by atoms with van der Waals surface area (Å²) in [5.41, 5.74) is 9.25. The maximum Gasteiger partial charge on any atom is 0.163 e. The summed E-state index contributed by atoms with van der Waals surface area (Å²) < 4.78 is 0. The normalized spacial score (nSPS) is 17.8. The molecule has 0 heterocycles. The van der Waals surface area contributed by atoms with Crippen LogP contribution in [0.4, 0.5) is 0 Å². The average molecular weight is 270 g/mol. The molecule has 3 nitrogen and oxygen atoms in total. The molecule has 0 aromatic heterocycles. The van der Waals surface area contributed by atoms with E-state index in [1.54, 1.807) is 0 Å². The molecular weight excluding hydrogens is 250 g/mol. The van der Waals surface area contributed by atoms with Gasteiger partial charge in [-0.25, -0.2) is 0 Å². The second kappa shape index (κ2) is 5.72. The Kier molecular flexibility index (Phi) is 4.77. The van der Waals surface area contributed by atoms with E-state index in [2.05, 4.69) is 6.92 Å². The van der Waals surface area contributed by atoms with Crippen molar-refractivity contribution < 1.29 is 9.90 Å². The molecule has 1 unspecified atom stereocenters. The largest absolute Gasteiger partial charge is 0.507 e. The van der Waals surface area contributed by atoms with Gasteiger partial charge in [-0.05, 0) is 49.3 Å². The Balaban J connectivity index is 0.00000162. The van der Waals surface area contributed by atoms with Gasteiger partial charge in [-0.3, -0.25) is 4.79 Å². The molecule has 1 atom stereocenters. The Labute approximate surface area is 114 Å². The third-order valence-electron chi connectivity index (χ3n) is 3.73. The van der Waals surface area contributed by atoms with Gasteiger partial charge in [0.1, 0.15) is 5.75 Å². The summed E-state index contributed by atoms with van der Waals surface area (Å²) in [5, 5.41) is 10.1. The molecule has 1 aromatic carbocycles. The van der Waals surface area contributed by atoms with E-state index in [0.717, 1.165) is 30.4 Å². The number of benzene rings is 1. The lowest BCUT2D eigenvalue weighted by Gasteiger charge is -2.26. The molecule has 0 bridgehead atoms. The van der Waals surface area contributed by atoms with Crippen LogP contribution in [0.15, 0.2) is 6.07 Å². The van der Waals surface area contributed by atoms with E-state index < -0.39 is 0 Å². The van der Waals surface area contributed by atoms with Crippen molar-refractivity contribution in [3.05, 3.63) is 28.3 Å². The summed E-state index contributed by atoms with van der Waals surface area (Å²) in [7, 11) is 0. The highest BCUT2D eigenvalue weighted by atomic mass is 35.5. The van der Waals surface area contributed by atoms with Crippen LogP contribution in [0.2, 0.25) is 0 Å². The van der Waals surface area contributed by atoms with Gasteiger partial charge in [0, 0.05) is 12.1 Å². The molecule has 100 valence electrons. The van der Waals surface area contributed by atoms with E-state index in [9.17, 15) is 9.90 Å². The molecule has 2 rings (SSSR count). The van der Waals surface area contributed by atoms with E-state index >= 15 is 0 Å². The van der Waals surface area contributed by atoms with Crippen LogP contribution in [0.3, 0.4) is 0 Å². The fourth-order valence-electron chi connectivity index (χ4n) is 2.75. The summed E-state index contributed by atoms with van der Waals surface area (Å²) in [4.78, 5) is 11.5. The van der Waals surface area contributed by atoms with Crippen LogP contribution in [0.25, 0.3) is 0 Å². The predicted molar refractivity (Wildman–Crippen MR) is 74.6 cm³/mol. The topological polar surface area (TPSA) is 63.3 Å². The number of phenols is 1. The van der Waals surface area contributed by atoms with Crippen molar-refractivity contribution in [1.29, 1.82) is 0 Å². The molecule has 0 spiro atoms.